The Morgan fingerprint density at radius 2 is 1.04 bits per heavy atom. The second-order valence-electron chi connectivity index (χ2n) is 12.9. The van der Waals surface area contributed by atoms with Crippen molar-refractivity contribution < 1.29 is 0 Å². The van der Waals surface area contributed by atoms with Gasteiger partial charge in [-0.25, -0.2) is 15.0 Å². The molecule has 0 atom stereocenters. The van der Waals surface area contributed by atoms with Gasteiger partial charge in [-0.05, 0) is 11.6 Å². The second-order valence-corrected chi connectivity index (χ2v) is 12.9. The number of nitrogens with zero attached hydrogens (tertiary/aromatic N) is 6. The van der Waals surface area contributed by atoms with E-state index in [2.05, 4.69) is 59.2 Å². The highest BCUT2D eigenvalue weighted by Gasteiger charge is 2.22. The third kappa shape index (κ3) is 6.62. The van der Waals surface area contributed by atoms with E-state index in [1.165, 1.54) is 0 Å². The first kappa shape index (κ1) is 33.2. The summed E-state index contributed by atoms with van der Waals surface area (Å²) in [4.78, 5) is 25.0. The average Bonchev–Trinajstić information content (AvgIpc) is 3.62. The quantitative estimate of drug-likeness (QED) is 0.132. The number of aromatic nitrogens is 4. The van der Waals surface area contributed by atoms with Crippen LogP contribution in [0.1, 0.15) is 16.7 Å². The minimum absolute atomic E-state index is 0.136. The van der Waals surface area contributed by atoms with Crippen LogP contribution in [-0.4, -0.2) is 37.4 Å². The molecule has 0 bridgehead atoms. The molecule has 260 valence electrons. The standard InChI is InChI=1S/C48H33N7/c49-44(34-20-8-2-9-21-34)51-45(35-22-10-3-11-23-35)50-32-38-28-16-31-41-42(38)40-30-17-29-39(33-18-6-1-7-19-33)43(40)55(41)48-53-46(36-24-12-4-13-25-36)52-47(54-48)37-26-14-5-15-27-37/h1-32,49H. The van der Waals surface area contributed by atoms with Crippen LogP contribution in [0.25, 0.3) is 61.7 Å². The molecule has 7 aromatic carbocycles. The lowest BCUT2D eigenvalue weighted by atomic mass is 10.0. The number of fused-ring (bicyclic) bond motifs is 3. The number of rotatable bonds is 7. The summed E-state index contributed by atoms with van der Waals surface area (Å²) >= 11 is 0. The fourth-order valence-corrected chi connectivity index (χ4v) is 6.86. The van der Waals surface area contributed by atoms with Gasteiger partial charge in [0.05, 0.1) is 11.0 Å². The summed E-state index contributed by atoms with van der Waals surface area (Å²) < 4.78 is 2.15. The van der Waals surface area contributed by atoms with E-state index in [0.29, 0.717) is 29.0 Å². The highest BCUT2D eigenvalue weighted by molar-refractivity contribution is 6.20. The third-order valence-electron chi connectivity index (χ3n) is 9.44. The monoisotopic (exact) mass is 707 g/mol. The SMILES string of the molecule is N=C(N=C(N=Cc1cccc2c1c1cccc(-c3ccccc3)c1n2-c1nc(-c2ccccc2)nc(-c2ccccc2)n1)c1ccccc1)c1ccccc1. The number of para-hydroxylation sites is 1. The summed E-state index contributed by atoms with van der Waals surface area (Å²) in [6.45, 7) is 0. The van der Waals surface area contributed by atoms with Crippen molar-refractivity contribution in [2.75, 3.05) is 0 Å². The van der Waals surface area contributed by atoms with Crippen molar-refractivity contribution in [2.24, 2.45) is 9.98 Å². The van der Waals surface area contributed by atoms with Crippen LogP contribution in [0.5, 0.6) is 0 Å². The van der Waals surface area contributed by atoms with Crippen molar-refractivity contribution in [1.82, 2.24) is 19.5 Å². The molecule has 2 aromatic heterocycles. The zero-order valence-electron chi connectivity index (χ0n) is 29.7. The van der Waals surface area contributed by atoms with Gasteiger partial charge in [-0.1, -0.05) is 182 Å². The van der Waals surface area contributed by atoms with Crippen LogP contribution in [0, 0.1) is 5.41 Å². The first-order chi connectivity index (χ1) is 27.2. The Morgan fingerprint density at radius 3 is 1.64 bits per heavy atom. The molecule has 0 saturated carbocycles. The Hall–Kier alpha value is -7.64. The number of amidine groups is 2. The van der Waals surface area contributed by atoms with E-state index < -0.39 is 0 Å². The van der Waals surface area contributed by atoms with Crippen molar-refractivity contribution in [3.8, 4) is 39.9 Å². The molecule has 0 aliphatic carbocycles. The van der Waals surface area contributed by atoms with Gasteiger partial charge in [-0.2, -0.15) is 9.97 Å². The molecule has 1 N–H and O–H groups in total. The van der Waals surface area contributed by atoms with Gasteiger partial charge in [0.2, 0.25) is 5.95 Å². The fourth-order valence-electron chi connectivity index (χ4n) is 6.86. The lowest BCUT2D eigenvalue weighted by Crippen LogP contribution is -2.07. The molecule has 0 radical (unpaired) electrons. The van der Waals surface area contributed by atoms with Gasteiger partial charge in [0.1, 0.15) is 0 Å². The Balaban J connectivity index is 1.30. The van der Waals surface area contributed by atoms with Gasteiger partial charge >= 0.3 is 0 Å². The summed E-state index contributed by atoms with van der Waals surface area (Å²) in [7, 11) is 0. The molecule has 0 saturated heterocycles. The summed E-state index contributed by atoms with van der Waals surface area (Å²) in [6, 6.07) is 62.3. The zero-order chi connectivity index (χ0) is 37.0. The van der Waals surface area contributed by atoms with E-state index in [0.717, 1.165) is 55.2 Å². The lowest BCUT2D eigenvalue weighted by Gasteiger charge is -2.13. The molecule has 2 heterocycles. The van der Waals surface area contributed by atoms with Crippen LogP contribution >= 0.6 is 0 Å². The van der Waals surface area contributed by atoms with Gasteiger partial charge in [0.25, 0.3) is 0 Å². The van der Waals surface area contributed by atoms with E-state index in [1.807, 2.05) is 140 Å². The summed E-state index contributed by atoms with van der Waals surface area (Å²) in [5.41, 5.74) is 8.22. The topological polar surface area (TPSA) is 92.2 Å². The van der Waals surface area contributed by atoms with Crippen LogP contribution in [0.2, 0.25) is 0 Å². The molecule has 7 heteroatoms. The first-order valence-corrected chi connectivity index (χ1v) is 18.0. The van der Waals surface area contributed by atoms with E-state index in [9.17, 15) is 0 Å². The highest BCUT2D eigenvalue weighted by atomic mass is 15.2. The number of hydrogen-bond donors (Lipinski definition) is 1. The molecule has 0 aliphatic rings. The largest absolute Gasteiger partial charge is 0.282 e. The maximum Gasteiger partial charge on any atom is 0.238 e. The van der Waals surface area contributed by atoms with Crippen LogP contribution < -0.4 is 0 Å². The van der Waals surface area contributed by atoms with E-state index in [-0.39, 0.29) is 5.84 Å². The van der Waals surface area contributed by atoms with Crippen molar-refractivity contribution in [1.29, 1.82) is 5.41 Å². The molecule has 9 aromatic rings. The van der Waals surface area contributed by atoms with E-state index in [4.69, 9.17) is 30.3 Å². The number of benzene rings is 7. The van der Waals surface area contributed by atoms with Gasteiger partial charge in [0.15, 0.2) is 23.3 Å². The minimum Gasteiger partial charge on any atom is -0.282 e. The fraction of sp³-hybridized carbons (Fsp3) is 0. The van der Waals surface area contributed by atoms with E-state index in [1.54, 1.807) is 0 Å². The predicted octanol–water partition coefficient (Wildman–Crippen LogP) is 10.9. The van der Waals surface area contributed by atoms with Crippen molar-refractivity contribution in [2.45, 2.75) is 0 Å². The Labute approximate surface area is 318 Å². The smallest absolute Gasteiger partial charge is 0.238 e. The molecule has 55 heavy (non-hydrogen) atoms. The van der Waals surface area contributed by atoms with Crippen molar-refractivity contribution in [3.05, 3.63) is 205 Å². The van der Waals surface area contributed by atoms with Crippen molar-refractivity contribution >= 4 is 39.7 Å². The molecule has 0 aliphatic heterocycles. The van der Waals surface area contributed by atoms with Crippen LogP contribution in [0.15, 0.2) is 198 Å². The summed E-state index contributed by atoms with van der Waals surface area (Å²) in [5.74, 6) is 2.25. The number of hydrogen-bond acceptors (Lipinski definition) is 4. The molecule has 0 amide bonds. The Kier molecular flexibility index (Phi) is 8.92. The van der Waals surface area contributed by atoms with Gasteiger partial charge in [0, 0.05) is 50.4 Å². The van der Waals surface area contributed by atoms with E-state index >= 15 is 0 Å². The molecule has 0 fully saturated rings. The Morgan fingerprint density at radius 1 is 0.509 bits per heavy atom. The van der Waals surface area contributed by atoms with Crippen molar-refractivity contribution in [3.63, 3.8) is 0 Å². The maximum absolute atomic E-state index is 8.81. The van der Waals surface area contributed by atoms with Crippen LogP contribution in [-0.2, 0) is 0 Å². The van der Waals surface area contributed by atoms with Crippen LogP contribution in [0.4, 0.5) is 0 Å². The molecule has 0 spiro atoms. The maximum atomic E-state index is 8.81. The Bertz CT molecular complexity index is 2790. The normalized spacial score (nSPS) is 11.7. The second kappa shape index (κ2) is 14.8. The molecular formula is C48H33N7. The summed E-state index contributed by atoms with van der Waals surface area (Å²) in [5, 5.41) is 10.8. The summed E-state index contributed by atoms with van der Waals surface area (Å²) in [6.07, 6.45) is 1.85. The number of nitrogens with one attached hydrogen (secondary N) is 1. The highest BCUT2D eigenvalue weighted by Crippen LogP contribution is 2.39. The van der Waals surface area contributed by atoms with Gasteiger partial charge in [-0.3, -0.25) is 9.98 Å². The third-order valence-corrected chi connectivity index (χ3v) is 9.44. The molecular weight excluding hydrogens is 675 g/mol. The predicted molar refractivity (Wildman–Crippen MR) is 224 cm³/mol. The van der Waals surface area contributed by atoms with Gasteiger partial charge in [-0.15, -0.1) is 0 Å². The first-order valence-electron chi connectivity index (χ1n) is 18.0. The molecule has 0 unspecified atom stereocenters. The zero-order valence-corrected chi connectivity index (χ0v) is 29.7. The lowest BCUT2D eigenvalue weighted by molar-refractivity contribution is 0.954. The number of aliphatic imine (C=N–C) groups is 2. The average molecular weight is 708 g/mol. The molecule has 7 nitrogen and oxygen atoms in total. The molecule has 9 rings (SSSR count). The van der Waals surface area contributed by atoms with Crippen LogP contribution in [0.3, 0.4) is 0 Å². The minimum atomic E-state index is 0.136. The van der Waals surface area contributed by atoms with Gasteiger partial charge < -0.3 is 0 Å².